The number of nitrogens with one attached hydrogen (secondary N) is 1. The Labute approximate surface area is 81.0 Å². The molecule has 1 rings (SSSR count). The van der Waals surface area contributed by atoms with E-state index in [-0.39, 0.29) is 4.82 Å². The summed E-state index contributed by atoms with van der Waals surface area (Å²) in [7, 11) is 0. The van der Waals surface area contributed by atoms with Gasteiger partial charge in [0.1, 0.15) is 0 Å². The minimum Gasteiger partial charge on any atom is -0.381 e. The molecule has 0 aromatic carbocycles. The lowest BCUT2D eigenvalue weighted by Crippen LogP contribution is -2.23. The molecule has 1 N–H and O–H groups in total. The zero-order valence-corrected chi connectivity index (χ0v) is 8.60. The van der Waals surface area contributed by atoms with E-state index in [4.69, 9.17) is 4.74 Å². The van der Waals surface area contributed by atoms with E-state index in [0.717, 1.165) is 44.9 Å². The Morgan fingerprint density at radius 1 is 1.50 bits per heavy atom. The highest BCUT2D eigenvalue weighted by Gasteiger charge is 2.12. The second kappa shape index (κ2) is 5.54. The lowest BCUT2D eigenvalue weighted by Gasteiger charge is -2.21. The number of hydrogen-bond acceptors (Lipinski definition) is 2. The topological polar surface area (TPSA) is 38.3 Å². The lowest BCUT2D eigenvalue weighted by atomic mass is 9.97. The first-order valence-electron chi connectivity index (χ1n) is 4.30. The molecular formula is C8H14BrNO2. The van der Waals surface area contributed by atoms with Crippen molar-refractivity contribution in [2.45, 2.75) is 19.3 Å². The van der Waals surface area contributed by atoms with Crippen LogP contribution < -0.4 is 5.32 Å². The van der Waals surface area contributed by atoms with E-state index >= 15 is 0 Å². The second-order valence-corrected chi connectivity index (χ2v) is 3.77. The summed E-state index contributed by atoms with van der Waals surface area (Å²) < 4.78 is 5.23. The Balaban J connectivity index is 2.01. The van der Waals surface area contributed by atoms with Gasteiger partial charge in [-0.2, -0.15) is 0 Å². The van der Waals surface area contributed by atoms with Gasteiger partial charge in [-0.3, -0.25) is 4.79 Å². The number of hydrogen-bond donors (Lipinski definition) is 1. The molecule has 0 aromatic rings. The molecule has 1 amide bonds. The molecule has 0 radical (unpaired) electrons. The summed E-state index contributed by atoms with van der Waals surface area (Å²) in [6.07, 6.45) is 3.34. The van der Waals surface area contributed by atoms with Crippen molar-refractivity contribution >= 4 is 20.7 Å². The molecule has 0 aromatic heterocycles. The van der Waals surface area contributed by atoms with Crippen molar-refractivity contribution in [1.82, 2.24) is 5.32 Å². The zero-order chi connectivity index (χ0) is 8.81. The first-order valence-corrected chi connectivity index (χ1v) is 5.09. The molecule has 1 aliphatic rings. The molecule has 0 bridgehead atoms. The van der Waals surface area contributed by atoms with Gasteiger partial charge in [-0.05, 0) is 25.2 Å². The molecule has 1 heterocycles. The maximum atomic E-state index is 10.5. The SMILES string of the molecule is O=C(Br)NCCC1CCOCC1. The van der Waals surface area contributed by atoms with Crippen LogP contribution in [0, 0.1) is 5.92 Å². The molecule has 0 unspecified atom stereocenters. The van der Waals surface area contributed by atoms with Gasteiger partial charge in [0.05, 0.1) is 0 Å². The highest BCUT2D eigenvalue weighted by molar-refractivity contribution is 9.18. The molecule has 1 aliphatic heterocycles. The normalized spacial score (nSPS) is 19.1. The predicted octanol–water partition coefficient (Wildman–Crippen LogP) is 1.91. The van der Waals surface area contributed by atoms with Gasteiger partial charge in [-0.15, -0.1) is 0 Å². The molecule has 70 valence electrons. The largest absolute Gasteiger partial charge is 0.381 e. The molecular weight excluding hydrogens is 222 g/mol. The molecule has 12 heavy (non-hydrogen) atoms. The van der Waals surface area contributed by atoms with Gasteiger partial charge in [0.25, 0.3) is 4.82 Å². The number of ether oxygens (including phenoxy) is 1. The first kappa shape index (κ1) is 9.99. The first-order chi connectivity index (χ1) is 5.79. The van der Waals surface area contributed by atoms with Crippen molar-refractivity contribution in [3.63, 3.8) is 0 Å². The van der Waals surface area contributed by atoms with E-state index in [0.29, 0.717) is 0 Å². The van der Waals surface area contributed by atoms with Crippen molar-refractivity contribution in [3.05, 3.63) is 0 Å². The van der Waals surface area contributed by atoms with Crippen LogP contribution in [-0.4, -0.2) is 24.6 Å². The lowest BCUT2D eigenvalue weighted by molar-refractivity contribution is 0.0642. The molecule has 3 nitrogen and oxygen atoms in total. The van der Waals surface area contributed by atoms with Gasteiger partial charge < -0.3 is 10.1 Å². The van der Waals surface area contributed by atoms with Crippen molar-refractivity contribution in [3.8, 4) is 0 Å². The number of rotatable bonds is 3. The predicted molar refractivity (Wildman–Crippen MR) is 50.5 cm³/mol. The molecule has 4 heteroatoms. The van der Waals surface area contributed by atoms with Crippen molar-refractivity contribution in [2.24, 2.45) is 5.92 Å². The molecule has 1 fully saturated rings. The van der Waals surface area contributed by atoms with Crippen LogP contribution in [0.25, 0.3) is 0 Å². The van der Waals surface area contributed by atoms with Crippen molar-refractivity contribution in [2.75, 3.05) is 19.8 Å². The summed E-state index contributed by atoms with van der Waals surface area (Å²) in [5.41, 5.74) is 0. The van der Waals surface area contributed by atoms with Crippen LogP contribution in [0.15, 0.2) is 0 Å². The van der Waals surface area contributed by atoms with E-state index in [1.165, 1.54) is 0 Å². The Morgan fingerprint density at radius 3 is 2.75 bits per heavy atom. The van der Waals surface area contributed by atoms with Crippen LogP contribution >= 0.6 is 15.9 Å². The maximum absolute atomic E-state index is 10.5. The zero-order valence-electron chi connectivity index (χ0n) is 7.01. The number of amides is 1. The third-order valence-corrected chi connectivity index (χ3v) is 2.44. The third-order valence-electron chi connectivity index (χ3n) is 2.16. The standard InChI is InChI=1S/C8H14BrNO2/c9-8(11)10-4-1-7-2-5-12-6-3-7/h7H,1-6H2,(H,10,11). The quantitative estimate of drug-likeness (QED) is 0.600. The van der Waals surface area contributed by atoms with Crippen LogP contribution in [-0.2, 0) is 4.74 Å². The minimum atomic E-state index is -0.116. The number of carbonyl (C=O) groups is 1. The average Bonchev–Trinajstić information content (AvgIpc) is 2.05. The second-order valence-electron chi connectivity index (χ2n) is 3.04. The van der Waals surface area contributed by atoms with Gasteiger partial charge in [-0.25, -0.2) is 0 Å². The molecule has 0 atom stereocenters. The summed E-state index contributed by atoms with van der Waals surface area (Å²) in [5.74, 6) is 0.734. The summed E-state index contributed by atoms with van der Waals surface area (Å²) in [6, 6.07) is 0. The van der Waals surface area contributed by atoms with Crippen LogP contribution in [0.4, 0.5) is 4.79 Å². The van der Waals surface area contributed by atoms with Crippen molar-refractivity contribution < 1.29 is 9.53 Å². The number of carbonyl (C=O) groups excluding carboxylic acids is 1. The van der Waals surface area contributed by atoms with E-state index < -0.39 is 0 Å². The molecule has 0 saturated carbocycles. The highest BCUT2D eigenvalue weighted by Crippen LogP contribution is 2.17. The maximum Gasteiger partial charge on any atom is 0.287 e. The van der Waals surface area contributed by atoms with Gasteiger partial charge >= 0.3 is 0 Å². The molecule has 0 aliphatic carbocycles. The van der Waals surface area contributed by atoms with E-state index in [2.05, 4.69) is 21.2 Å². The van der Waals surface area contributed by atoms with Gasteiger partial charge in [0.2, 0.25) is 0 Å². The summed E-state index contributed by atoms with van der Waals surface area (Å²) in [6.45, 7) is 2.54. The van der Waals surface area contributed by atoms with E-state index in [1.807, 2.05) is 0 Å². The Morgan fingerprint density at radius 2 is 2.17 bits per heavy atom. The smallest absolute Gasteiger partial charge is 0.287 e. The fraction of sp³-hybridized carbons (Fsp3) is 0.875. The molecule has 0 spiro atoms. The summed E-state index contributed by atoms with van der Waals surface area (Å²) >= 11 is 2.82. The Bertz CT molecular complexity index is 146. The van der Waals surface area contributed by atoms with Gasteiger partial charge in [0.15, 0.2) is 0 Å². The monoisotopic (exact) mass is 235 g/mol. The van der Waals surface area contributed by atoms with Gasteiger partial charge in [0, 0.05) is 35.7 Å². The molecule has 1 saturated heterocycles. The van der Waals surface area contributed by atoms with E-state index in [9.17, 15) is 4.79 Å². The fourth-order valence-corrected chi connectivity index (χ4v) is 1.61. The Kier molecular flexibility index (Phi) is 4.61. The fourth-order valence-electron chi connectivity index (χ4n) is 1.41. The van der Waals surface area contributed by atoms with Gasteiger partial charge in [-0.1, -0.05) is 0 Å². The Hall–Kier alpha value is -0.0900. The van der Waals surface area contributed by atoms with Crippen LogP contribution in [0.3, 0.4) is 0 Å². The average molecular weight is 236 g/mol. The van der Waals surface area contributed by atoms with Crippen LogP contribution in [0.2, 0.25) is 0 Å². The highest BCUT2D eigenvalue weighted by atomic mass is 79.9. The summed E-state index contributed by atoms with van der Waals surface area (Å²) in [5, 5.41) is 2.73. The van der Waals surface area contributed by atoms with Crippen LogP contribution in [0.1, 0.15) is 19.3 Å². The number of halogens is 1. The van der Waals surface area contributed by atoms with Crippen LogP contribution in [0.5, 0.6) is 0 Å². The van der Waals surface area contributed by atoms with E-state index in [1.54, 1.807) is 0 Å². The minimum absolute atomic E-state index is 0.116. The summed E-state index contributed by atoms with van der Waals surface area (Å²) in [4.78, 5) is 10.4. The van der Waals surface area contributed by atoms with Crippen molar-refractivity contribution in [1.29, 1.82) is 0 Å². The third kappa shape index (κ3) is 4.07.